The molecule has 6 heteroatoms. The molecule has 0 aliphatic rings. The van der Waals surface area contributed by atoms with Gasteiger partial charge >= 0.3 is 0 Å². The van der Waals surface area contributed by atoms with Gasteiger partial charge in [0, 0.05) is 17.0 Å². The highest BCUT2D eigenvalue weighted by molar-refractivity contribution is 7.10. The van der Waals surface area contributed by atoms with E-state index in [1.807, 2.05) is 0 Å². The highest BCUT2D eigenvalue weighted by atomic mass is 32.1. The van der Waals surface area contributed by atoms with Gasteiger partial charge in [-0.1, -0.05) is 0 Å². The molecule has 1 aromatic heterocycles. The van der Waals surface area contributed by atoms with Crippen LogP contribution in [0.15, 0.2) is 17.5 Å². The van der Waals surface area contributed by atoms with E-state index in [0.717, 1.165) is 5.56 Å². The molecule has 0 spiro atoms. The molecule has 0 bridgehead atoms. The maximum absolute atomic E-state index is 12.4. The van der Waals surface area contributed by atoms with Gasteiger partial charge in [0.15, 0.2) is 11.5 Å². The minimum absolute atomic E-state index is 0.187. The molecule has 0 saturated heterocycles. The Kier molecular flexibility index (Phi) is 5.50. The van der Waals surface area contributed by atoms with Crippen molar-refractivity contribution in [3.63, 3.8) is 0 Å². The summed E-state index contributed by atoms with van der Waals surface area (Å²) < 4.78 is 15.8. The van der Waals surface area contributed by atoms with Crippen LogP contribution in [0, 0.1) is 13.8 Å². The predicted molar refractivity (Wildman–Crippen MR) is 91.1 cm³/mol. The molecule has 0 atom stereocenters. The molecule has 0 radical (unpaired) electrons. The molecular weight excluding hydrogens is 314 g/mol. The van der Waals surface area contributed by atoms with Crippen molar-refractivity contribution in [1.29, 1.82) is 0 Å². The number of carbonyl (C=O) groups excluding carboxylic acids is 1. The number of methoxy groups -OCH3 is 3. The first-order valence-electron chi connectivity index (χ1n) is 7.13. The lowest BCUT2D eigenvalue weighted by molar-refractivity contribution is 0.0950. The Morgan fingerprint density at radius 2 is 1.70 bits per heavy atom. The van der Waals surface area contributed by atoms with Crippen molar-refractivity contribution in [2.24, 2.45) is 0 Å². The fourth-order valence-corrected chi connectivity index (χ4v) is 3.11. The number of thiophene rings is 1. The van der Waals surface area contributed by atoms with Crippen molar-refractivity contribution >= 4 is 17.2 Å². The third kappa shape index (κ3) is 3.59. The molecule has 0 saturated carbocycles. The van der Waals surface area contributed by atoms with Gasteiger partial charge in [-0.2, -0.15) is 0 Å². The summed E-state index contributed by atoms with van der Waals surface area (Å²) in [5, 5.41) is 4.99. The SMILES string of the molecule is COc1cc(C(=O)NCc2csc(C)c2C)cc(OC)c1OC. The number of rotatable bonds is 6. The van der Waals surface area contributed by atoms with E-state index in [0.29, 0.717) is 29.4 Å². The number of benzene rings is 1. The van der Waals surface area contributed by atoms with Gasteiger partial charge in [0.1, 0.15) is 0 Å². The summed E-state index contributed by atoms with van der Waals surface area (Å²) in [7, 11) is 4.58. The summed E-state index contributed by atoms with van der Waals surface area (Å²) in [5.41, 5.74) is 2.82. The molecule has 2 aromatic rings. The van der Waals surface area contributed by atoms with E-state index < -0.39 is 0 Å². The first-order valence-corrected chi connectivity index (χ1v) is 8.01. The van der Waals surface area contributed by atoms with Crippen molar-refractivity contribution in [2.75, 3.05) is 21.3 Å². The van der Waals surface area contributed by atoms with Crippen molar-refractivity contribution in [2.45, 2.75) is 20.4 Å². The Hall–Kier alpha value is -2.21. The molecule has 2 rings (SSSR count). The van der Waals surface area contributed by atoms with E-state index in [1.54, 1.807) is 23.5 Å². The van der Waals surface area contributed by atoms with E-state index in [9.17, 15) is 4.79 Å². The van der Waals surface area contributed by atoms with Crippen molar-refractivity contribution in [3.05, 3.63) is 39.1 Å². The van der Waals surface area contributed by atoms with Crippen LogP contribution in [0.25, 0.3) is 0 Å². The van der Waals surface area contributed by atoms with E-state index in [-0.39, 0.29) is 5.91 Å². The van der Waals surface area contributed by atoms with Crippen LogP contribution in [0.1, 0.15) is 26.4 Å². The zero-order valence-corrected chi connectivity index (χ0v) is 14.8. The van der Waals surface area contributed by atoms with Crippen molar-refractivity contribution in [1.82, 2.24) is 5.32 Å². The number of carbonyl (C=O) groups is 1. The number of hydrogen-bond donors (Lipinski definition) is 1. The van der Waals surface area contributed by atoms with Crippen molar-refractivity contribution < 1.29 is 19.0 Å². The van der Waals surface area contributed by atoms with E-state index in [1.165, 1.54) is 31.8 Å². The summed E-state index contributed by atoms with van der Waals surface area (Å²) in [6, 6.07) is 3.28. The normalized spacial score (nSPS) is 10.3. The largest absolute Gasteiger partial charge is 0.493 e. The smallest absolute Gasteiger partial charge is 0.251 e. The van der Waals surface area contributed by atoms with E-state index in [4.69, 9.17) is 14.2 Å². The Bertz CT molecular complexity index is 684. The van der Waals surface area contributed by atoms with Gasteiger partial charge < -0.3 is 19.5 Å². The molecule has 0 aliphatic heterocycles. The van der Waals surface area contributed by atoms with Crippen LogP contribution in [0.3, 0.4) is 0 Å². The van der Waals surface area contributed by atoms with Gasteiger partial charge in [0.2, 0.25) is 5.75 Å². The van der Waals surface area contributed by atoms with Gasteiger partial charge in [-0.15, -0.1) is 11.3 Å². The topological polar surface area (TPSA) is 56.8 Å². The zero-order chi connectivity index (χ0) is 17.0. The van der Waals surface area contributed by atoms with Crippen molar-refractivity contribution in [3.8, 4) is 17.2 Å². The van der Waals surface area contributed by atoms with Crippen LogP contribution >= 0.6 is 11.3 Å². The van der Waals surface area contributed by atoms with Gasteiger partial charge in [-0.25, -0.2) is 0 Å². The lowest BCUT2D eigenvalue weighted by Crippen LogP contribution is -2.23. The fraction of sp³-hybridized carbons (Fsp3) is 0.353. The highest BCUT2D eigenvalue weighted by Gasteiger charge is 2.17. The highest BCUT2D eigenvalue weighted by Crippen LogP contribution is 2.38. The average Bonchev–Trinajstić information content (AvgIpc) is 2.89. The second kappa shape index (κ2) is 7.37. The Morgan fingerprint density at radius 1 is 1.09 bits per heavy atom. The quantitative estimate of drug-likeness (QED) is 0.880. The summed E-state index contributed by atoms with van der Waals surface area (Å²) in [5.74, 6) is 1.20. The summed E-state index contributed by atoms with van der Waals surface area (Å²) in [6.07, 6.45) is 0. The lowest BCUT2D eigenvalue weighted by atomic mass is 10.1. The van der Waals surface area contributed by atoms with Gasteiger partial charge in [-0.3, -0.25) is 4.79 Å². The molecule has 1 N–H and O–H groups in total. The molecule has 23 heavy (non-hydrogen) atoms. The van der Waals surface area contributed by atoms with Gasteiger partial charge in [-0.05, 0) is 42.5 Å². The number of aryl methyl sites for hydroxylation is 1. The molecule has 1 amide bonds. The molecule has 0 unspecified atom stereocenters. The van der Waals surface area contributed by atoms with Crippen LogP contribution in [-0.4, -0.2) is 27.2 Å². The minimum atomic E-state index is -0.187. The second-order valence-electron chi connectivity index (χ2n) is 5.04. The molecular formula is C17H21NO4S. The summed E-state index contributed by atoms with van der Waals surface area (Å²) >= 11 is 1.69. The fourth-order valence-electron chi connectivity index (χ4n) is 2.23. The number of nitrogens with one attached hydrogen (secondary N) is 1. The molecule has 0 aliphatic carbocycles. The first-order chi connectivity index (χ1) is 11.0. The lowest BCUT2D eigenvalue weighted by Gasteiger charge is -2.14. The van der Waals surface area contributed by atoms with Gasteiger partial charge in [0.25, 0.3) is 5.91 Å². The second-order valence-corrected chi connectivity index (χ2v) is 6.12. The molecule has 124 valence electrons. The van der Waals surface area contributed by atoms with Crippen LogP contribution in [0.2, 0.25) is 0 Å². The molecule has 1 heterocycles. The number of amides is 1. The Morgan fingerprint density at radius 3 is 2.13 bits per heavy atom. The standard InChI is InChI=1S/C17H21NO4S/c1-10-11(2)23-9-13(10)8-18-17(19)12-6-14(20-3)16(22-5)15(7-12)21-4/h6-7,9H,8H2,1-5H3,(H,18,19). The number of hydrogen-bond acceptors (Lipinski definition) is 5. The third-order valence-electron chi connectivity index (χ3n) is 3.75. The monoisotopic (exact) mass is 335 g/mol. The first kappa shape index (κ1) is 17.1. The summed E-state index contributed by atoms with van der Waals surface area (Å²) in [4.78, 5) is 13.7. The molecule has 5 nitrogen and oxygen atoms in total. The third-order valence-corrected chi connectivity index (χ3v) is 4.82. The van der Waals surface area contributed by atoms with Crippen LogP contribution in [0.5, 0.6) is 17.2 Å². The molecule has 0 fully saturated rings. The summed E-state index contributed by atoms with van der Waals surface area (Å²) in [6.45, 7) is 4.63. The molecule has 1 aromatic carbocycles. The zero-order valence-electron chi connectivity index (χ0n) is 14.0. The van der Waals surface area contributed by atoms with Crippen LogP contribution in [0.4, 0.5) is 0 Å². The maximum atomic E-state index is 12.4. The Labute approximate surface area is 140 Å². The average molecular weight is 335 g/mol. The van der Waals surface area contributed by atoms with Crippen LogP contribution < -0.4 is 19.5 Å². The Balaban J connectivity index is 2.20. The predicted octanol–water partition coefficient (Wildman–Crippen LogP) is 3.32. The van der Waals surface area contributed by atoms with E-state index in [2.05, 4.69) is 24.5 Å². The minimum Gasteiger partial charge on any atom is -0.493 e. The van der Waals surface area contributed by atoms with Gasteiger partial charge in [0.05, 0.1) is 21.3 Å². The van der Waals surface area contributed by atoms with Crippen LogP contribution in [-0.2, 0) is 6.54 Å². The number of ether oxygens (including phenoxy) is 3. The van der Waals surface area contributed by atoms with E-state index >= 15 is 0 Å². The maximum Gasteiger partial charge on any atom is 0.251 e.